The van der Waals surface area contributed by atoms with Gasteiger partial charge in [0.05, 0.1) is 0 Å². The van der Waals surface area contributed by atoms with Crippen molar-refractivity contribution in [1.29, 1.82) is 0 Å². The van der Waals surface area contributed by atoms with Crippen molar-refractivity contribution >= 4 is 5.78 Å². The third kappa shape index (κ3) is 3.41. The standard InChI is InChI=1S/C19H25NO2/c1-6-16-8-7-9-17(11-16)22-12-19(21)18-10-14(4)20(13(2)3)15(18)5/h7-11,13H,6,12H2,1-5H3. The van der Waals surface area contributed by atoms with E-state index in [1.165, 1.54) is 5.56 Å². The number of carbonyl (C=O) groups excluding carboxylic acids is 1. The van der Waals surface area contributed by atoms with E-state index in [2.05, 4.69) is 31.4 Å². The van der Waals surface area contributed by atoms with Gasteiger partial charge in [0.1, 0.15) is 5.75 Å². The van der Waals surface area contributed by atoms with E-state index in [9.17, 15) is 4.79 Å². The summed E-state index contributed by atoms with van der Waals surface area (Å²) < 4.78 is 7.86. The van der Waals surface area contributed by atoms with Gasteiger partial charge in [0.2, 0.25) is 5.78 Å². The summed E-state index contributed by atoms with van der Waals surface area (Å²) in [5, 5.41) is 0. The molecule has 1 heterocycles. The minimum absolute atomic E-state index is 0.0295. The quantitative estimate of drug-likeness (QED) is 0.735. The van der Waals surface area contributed by atoms with E-state index in [-0.39, 0.29) is 12.4 Å². The van der Waals surface area contributed by atoms with Crippen molar-refractivity contribution in [3.63, 3.8) is 0 Å². The van der Waals surface area contributed by atoms with Crippen LogP contribution in [-0.4, -0.2) is 17.0 Å². The summed E-state index contributed by atoms with van der Waals surface area (Å²) in [6.07, 6.45) is 0.959. The first-order chi connectivity index (χ1) is 10.4. The minimum Gasteiger partial charge on any atom is -0.485 e. The van der Waals surface area contributed by atoms with Crippen molar-refractivity contribution in [2.45, 2.75) is 47.1 Å². The molecular formula is C19H25NO2. The van der Waals surface area contributed by atoms with Crippen LogP contribution in [-0.2, 0) is 6.42 Å². The van der Waals surface area contributed by atoms with E-state index in [1.807, 2.05) is 38.1 Å². The zero-order valence-electron chi connectivity index (χ0n) is 14.1. The number of hydrogen-bond acceptors (Lipinski definition) is 2. The number of ketones is 1. The molecule has 0 fully saturated rings. The Hall–Kier alpha value is -2.03. The summed E-state index contributed by atoms with van der Waals surface area (Å²) in [6.45, 7) is 10.5. The number of nitrogens with zero attached hydrogens (tertiary/aromatic N) is 1. The summed E-state index contributed by atoms with van der Waals surface area (Å²) in [4.78, 5) is 12.4. The fraction of sp³-hybridized carbons (Fsp3) is 0.421. The fourth-order valence-corrected chi connectivity index (χ4v) is 2.94. The molecule has 2 aromatic rings. The molecule has 0 N–H and O–H groups in total. The van der Waals surface area contributed by atoms with Crippen LogP contribution in [0.15, 0.2) is 30.3 Å². The lowest BCUT2D eigenvalue weighted by Crippen LogP contribution is -2.13. The molecule has 0 spiro atoms. The van der Waals surface area contributed by atoms with Gasteiger partial charge >= 0.3 is 0 Å². The number of aryl methyl sites for hydroxylation is 2. The van der Waals surface area contributed by atoms with Crippen LogP contribution >= 0.6 is 0 Å². The molecule has 0 atom stereocenters. The molecule has 0 amide bonds. The highest BCUT2D eigenvalue weighted by Gasteiger charge is 2.17. The number of benzene rings is 1. The second kappa shape index (κ2) is 6.82. The highest BCUT2D eigenvalue weighted by Crippen LogP contribution is 2.21. The van der Waals surface area contributed by atoms with Crippen LogP contribution < -0.4 is 4.74 Å². The zero-order chi connectivity index (χ0) is 16.3. The molecule has 0 radical (unpaired) electrons. The van der Waals surface area contributed by atoms with Crippen molar-refractivity contribution in [3.8, 4) is 5.75 Å². The Morgan fingerprint density at radius 2 is 1.95 bits per heavy atom. The van der Waals surface area contributed by atoms with Crippen molar-refractivity contribution in [3.05, 3.63) is 52.8 Å². The molecule has 0 aliphatic rings. The lowest BCUT2D eigenvalue weighted by Gasteiger charge is -2.13. The molecule has 118 valence electrons. The fourth-order valence-electron chi connectivity index (χ4n) is 2.94. The van der Waals surface area contributed by atoms with Gasteiger partial charge in [-0.1, -0.05) is 19.1 Å². The second-order valence-electron chi connectivity index (χ2n) is 5.96. The first kappa shape index (κ1) is 16.3. The average Bonchev–Trinajstić information content (AvgIpc) is 2.80. The Labute approximate surface area is 132 Å². The molecule has 1 aromatic carbocycles. The van der Waals surface area contributed by atoms with E-state index in [0.29, 0.717) is 6.04 Å². The van der Waals surface area contributed by atoms with Crippen molar-refractivity contribution in [1.82, 2.24) is 4.57 Å². The van der Waals surface area contributed by atoms with Gasteiger partial charge < -0.3 is 9.30 Å². The van der Waals surface area contributed by atoms with Crippen LogP contribution in [0.25, 0.3) is 0 Å². The van der Waals surface area contributed by atoms with Gasteiger partial charge in [0, 0.05) is 23.0 Å². The van der Waals surface area contributed by atoms with Crippen molar-refractivity contribution in [2.75, 3.05) is 6.61 Å². The van der Waals surface area contributed by atoms with Crippen LogP contribution in [0.4, 0.5) is 0 Å². The maximum atomic E-state index is 12.4. The SMILES string of the molecule is CCc1cccc(OCC(=O)c2cc(C)n(C(C)C)c2C)c1. The largest absolute Gasteiger partial charge is 0.485 e. The predicted molar refractivity (Wildman–Crippen MR) is 89.9 cm³/mol. The first-order valence-electron chi connectivity index (χ1n) is 7.87. The Balaban J connectivity index is 2.11. The van der Waals surface area contributed by atoms with Gasteiger partial charge in [-0.15, -0.1) is 0 Å². The number of carbonyl (C=O) groups is 1. The van der Waals surface area contributed by atoms with E-state index in [1.54, 1.807) is 0 Å². The second-order valence-corrected chi connectivity index (χ2v) is 5.96. The monoisotopic (exact) mass is 299 g/mol. The molecule has 3 heteroatoms. The van der Waals surface area contributed by atoms with Crippen LogP contribution in [0.3, 0.4) is 0 Å². The molecule has 0 aliphatic carbocycles. The molecule has 0 bridgehead atoms. The summed E-state index contributed by atoms with van der Waals surface area (Å²) in [6, 6.07) is 10.2. The average molecular weight is 299 g/mol. The van der Waals surface area contributed by atoms with Crippen LogP contribution in [0.1, 0.15) is 54.1 Å². The third-order valence-corrected chi connectivity index (χ3v) is 3.98. The normalized spacial score (nSPS) is 11.0. The number of rotatable bonds is 6. The molecule has 1 aromatic heterocycles. The molecule has 0 saturated carbocycles. The van der Waals surface area contributed by atoms with Crippen LogP contribution in [0, 0.1) is 13.8 Å². The lowest BCUT2D eigenvalue weighted by atomic mass is 10.1. The lowest BCUT2D eigenvalue weighted by molar-refractivity contribution is 0.0920. The van der Waals surface area contributed by atoms with E-state index in [4.69, 9.17) is 4.74 Å². The van der Waals surface area contributed by atoms with Crippen LogP contribution in [0.5, 0.6) is 5.75 Å². The Morgan fingerprint density at radius 1 is 1.23 bits per heavy atom. The molecule has 0 unspecified atom stereocenters. The summed E-state index contributed by atoms with van der Waals surface area (Å²) in [5.74, 6) is 0.785. The summed E-state index contributed by atoms with van der Waals surface area (Å²) in [7, 11) is 0. The van der Waals surface area contributed by atoms with Crippen LogP contribution in [0.2, 0.25) is 0 Å². The van der Waals surface area contributed by atoms with Crippen molar-refractivity contribution < 1.29 is 9.53 Å². The number of Topliss-reactive ketones (excluding diaryl/α,β-unsaturated/α-hetero) is 1. The van der Waals surface area contributed by atoms with E-state index >= 15 is 0 Å². The van der Waals surface area contributed by atoms with E-state index in [0.717, 1.165) is 29.1 Å². The molecule has 22 heavy (non-hydrogen) atoms. The van der Waals surface area contributed by atoms with Gasteiger partial charge in [0.15, 0.2) is 6.61 Å². The molecular weight excluding hydrogens is 274 g/mol. The first-order valence-corrected chi connectivity index (χ1v) is 7.87. The highest BCUT2D eigenvalue weighted by molar-refractivity contribution is 5.98. The molecule has 3 nitrogen and oxygen atoms in total. The summed E-state index contributed by atoms with van der Waals surface area (Å²) in [5.41, 5.74) is 4.10. The van der Waals surface area contributed by atoms with Gasteiger partial charge in [-0.05, 0) is 57.9 Å². The Morgan fingerprint density at radius 3 is 2.55 bits per heavy atom. The van der Waals surface area contributed by atoms with Crippen molar-refractivity contribution in [2.24, 2.45) is 0 Å². The highest BCUT2D eigenvalue weighted by atomic mass is 16.5. The van der Waals surface area contributed by atoms with E-state index < -0.39 is 0 Å². The van der Waals surface area contributed by atoms with Gasteiger partial charge in [-0.25, -0.2) is 0 Å². The zero-order valence-corrected chi connectivity index (χ0v) is 14.1. The van der Waals surface area contributed by atoms with Gasteiger partial charge in [0.25, 0.3) is 0 Å². The molecule has 0 saturated heterocycles. The Bertz CT molecular complexity index is 668. The molecule has 0 aliphatic heterocycles. The maximum absolute atomic E-state index is 12.4. The van der Waals surface area contributed by atoms with Gasteiger partial charge in [-0.2, -0.15) is 0 Å². The smallest absolute Gasteiger partial charge is 0.202 e. The Kier molecular flexibility index (Phi) is 5.07. The summed E-state index contributed by atoms with van der Waals surface area (Å²) >= 11 is 0. The van der Waals surface area contributed by atoms with Gasteiger partial charge in [-0.3, -0.25) is 4.79 Å². The molecule has 2 rings (SSSR count). The topological polar surface area (TPSA) is 31.2 Å². The third-order valence-electron chi connectivity index (χ3n) is 3.98. The number of ether oxygens (including phenoxy) is 1. The minimum atomic E-state index is 0.0295. The number of hydrogen-bond donors (Lipinski definition) is 0. The predicted octanol–water partition coefficient (Wildman–Crippen LogP) is 4.51. The maximum Gasteiger partial charge on any atom is 0.202 e. The number of aromatic nitrogens is 1.